The molecule has 4 heterocycles. The van der Waals surface area contributed by atoms with Gasteiger partial charge in [-0.15, -0.1) is 0 Å². The number of H-pyrrole nitrogens is 1. The summed E-state index contributed by atoms with van der Waals surface area (Å²) in [6.45, 7) is 8.07. The number of carbonyl (C=O) groups is 1. The lowest BCUT2D eigenvalue weighted by molar-refractivity contribution is -0.314. The summed E-state index contributed by atoms with van der Waals surface area (Å²) in [6.07, 6.45) is 8.14. The average Bonchev–Trinajstić information content (AvgIpc) is 3.62. The number of hydrogen-bond donors (Lipinski definition) is 1. The van der Waals surface area contributed by atoms with Gasteiger partial charge in [-0.3, -0.25) is 5.10 Å². The van der Waals surface area contributed by atoms with Crippen molar-refractivity contribution in [3.63, 3.8) is 0 Å². The molecular weight excluding hydrogens is 504 g/mol. The molecule has 8 atom stereocenters. The molecule has 8 heteroatoms. The van der Waals surface area contributed by atoms with Crippen LogP contribution in [0.5, 0.6) is 0 Å². The van der Waals surface area contributed by atoms with Crippen LogP contribution < -0.4 is 0 Å². The highest BCUT2D eigenvalue weighted by Crippen LogP contribution is 2.67. The lowest BCUT2D eigenvalue weighted by Crippen LogP contribution is -2.63. The zero-order chi connectivity index (χ0) is 26.3. The standard InChI is InChI=1S/C30H35ClN2O5/c1-28-11-9-24-29(2,16-36-27(37-24)20-15-32-33-25(20)17-4-6-18(31)7-5-17)22(28)8-12-30(3)23(28)14-21(38-30)19-10-13-35-26(19)34/h4-7,10,15,21-24,27H,8-9,11-14,16H2,1-3H3,(H,32,33)/t21?,22-,23-,24+,27?,28+,29-,30?/m0/s1. The first-order valence-electron chi connectivity index (χ1n) is 13.8. The highest BCUT2D eigenvalue weighted by Gasteiger charge is 2.66. The maximum Gasteiger partial charge on any atom is 0.336 e. The van der Waals surface area contributed by atoms with Crippen LogP contribution in [0.15, 0.2) is 42.1 Å². The van der Waals surface area contributed by atoms with Crippen LogP contribution in [0.25, 0.3) is 11.3 Å². The molecule has 7 rings (SSSR count). The van der Waals surface area contributed by atoms with Crippen LogP contribution in [-0.4, -0.2) is 47.2 Å². The van der Waals surface area contributed by atoms with Crippen molar-refractivity contribution in [2.24, 2.45) is 22.7 Å². The predicted octanol–water partition coefficient (Wildman–Crippen LogP) is 6.01. The third-order valence-corrected chi connectivity index (χ3v) is 10.8. The van der Waals surface area contributed by atoms with Gasteiger partial charge in [-0.2, -0.15) is 5.10 Å². The van der Waals surface area contributed by atoms with Crippen molar-refractivity contribution in [2.75, 3.05) is 13.2 Å². The second-order valence-corrected chi connectivity index (χ2v) is 13.0. The van der Waals surface area contributed by atoms with Gasteiger partial charge in [0.15, 0.2) is 6.29 Å². The van der Waals surface area contributed by atoms with E-state index in [0.717, 1.165) is 48.9 Å². The summed E-state index contributed by atoms with van der Waals surface area (Å²) >= 11 is 6.10. The van der Waals surface area contributed by atoms with Crippen molar-refractivity contribution in [3.8, 4) is 11.3 Å². The highest BCUT2D eigenvalue weighted by molar-refractivity contribution is 6.30. The van der Waals surface area contributed by atoms with Gasteiger partial charge in [-0.25, -0.2) is 4.79 Å². The Morgan fingerprint density at radius 1 is 1.05 bits per heavy atom. The summed E-state index contributed by atoms with van der Waals surface area (Å²) in [5.74, 6) is 0.598. The van der Waals surface area contributed by atoms with E-state index in [2.05, 4.69) is 31.0 Å². The van der Waals surface area contributed by atoms with Crippen molar-refractivity contribution in [2.45, 2.75) is 77.0 Å². The Labute approximate surface area is 228 Å². The van der Waals surface area contributed by atoms with Gasteiger partial charge in [0.1, 0.15) is 6.61 Å². The summed E-state index contributed by atoms with van der Waals surface area (Å²) in [5, 5.41) is 8.14. The minimum atomic E-state index is -0.463. The molecule has 2 saturated carbocycles. The zero-order valence-corrected chi connectivity index (χ0v) is 22.9. The van der Waals surface area contributed by atoms with Crippen molar-refractivity contribution >= 4 is 17.6 Å². The Hall–Kier alpha value is -2.19. The molecule has 0 radical (unpaired) electrons. The molecule has 2 aromatic rings. The topological polar surface area (TPSA) is 82.7 Å². The molecule has 1 aromatic heterocycles. The smallest absolute Gasteiger partial charge is 0.336 e. The quantitative estimate of drug-likeness (QED) is 0.482. The van der Waals surface area contributed by atoms with Crippen LogP contribution in [0, 0.1) is 22.7 Å². The lowest BCUT2D eigenvalue weighted by atomic mass is 9.44. The number of ether oxygens (including phenoxy) is 4. The van der Waals surface area contributed by atoms with E-state index in [-0.39, 0.29) is 34.6 Å². The first-order chi connectivity index (χ1) is 18.2. The molecular formula is C30H35ClN2O5. The van der Waals surface area contributed by atoms with Gasteiger partial charge < -0.3 is 18.9 Å². The number of halogens is 1. The van der Waals surface area contributed by atoms with E-state index in [0.29, 0.717) is 35.6 Å². The fourth-order valence-corrected chi connectivity index (χ4v) is 8.85. The zero-order valence-electron chi connectivity index (χ0n) is 22.2. The maximum atomic E-state index is 12.3. The highest BCUT2D eigenvalue weighted by atomic mass is 35.5. The monoisotopic (exact) mass is 538 g/mol. The van der Waals surface area contributed by atoms with Gasteiger partial charge in [-0.05, 0) is 74.5 Å². The summed E-state index contributed by atoms with van der Waals surface area (Å²) < 4.78 is 25.2. The average molecular weight is 539 g/mol. The molecule has 0 amide bonds. The van der Waals surface area contributed by atoms with E-state index < -0.39 is 6.29 Å². The van der Waals surface area contributed by atoms with Gasteiger partial charge in [0, 0.05) is 16.0 Å². The predicted molar refractivity (Wildman–Crippen MR) is 141 cm³/mol. The number of nitrogens with one attached hydrogen (secondary N) is 1. The molecule has 2 aliphatic carbocycles. The minimum Gasteiger partial charge on any atom is -0.458 e. The Morgan fingerprint density at radius 3 is 2.63 bits per heavy atom. The first kappa shape index (κ1) is 24.8. The van der Waals surface area contributed by atoms with Crippen molar-refractivity contribution in [3.05, 3.63) is 52.7 Å². The van der Waals surface area contributed by atoms with E-state index in [4.69, 9.17) is 30.5 Å². The number of esters is 1. The van der Waals surface area contributed by atoms with Crippen LogP contribution in [0.3, 0.4) is 0 Å². The number of fused-ring (bicyclic) bond motifs is 5. The largest absolute Gasteiger partial charge is 0.458 e. The first-order valence-corrected chi connectivity index (χ1v) is 14.2. The van der Waals surface area contributed by atoms with Gasteiger partial charge in [0.05, 0.1) is 47.4 Å². The van der Waals surface area contributed by atoms with Crippen LogP contribution in [-0.2, 0) is 23.7 Å². The Bertz CT molecular complexity index is 1290. The number of aromatic amines is 1. The maximum absolute atomic E-state index is 12.3. The molecule has 1 N–H and O–H groups in total. The Morgan fingerprint density at radius 2 is 1.87 bits per heavy atom. The van der Waals surface area contributed by atoms with Gasteiger partial charge in [0.25, 0.3) is 0 Å². The summed E-state index contributed by atoms with van der Waals surface area (Å²) in [7, 11) is 0. The fraction of sp³-hybridized carbons (Fsp3) is 0.600. The normalized spacial score (nSPS) is 42.2. The molecule has 2 saturated heterocycles. The minimum absolute atomic E-state index is 0.0831. The second kappa shape index (κ2) is 8.65. The molecule has 5 aliphatic rings. The molecule has 0 spiro atoms. The fourth-order valence-electron chi connectivity index (χ4n) is 8.72. The van der Waals surface area contributed by atoms with Crippen LogP contribution in [0.1, 0.15) is 64.7 Å². The number of nitrogens with zero attached hydrogens (tertiary/aromatic N) is 1. The van der Waals surface area contributed by atoms with E-state index >= 15 is 0 Å². The number of benzene rings is 1. The second-order valence-electron chi connectivity index (χ2n) is 12.6. The van der Waals surface area contributed by atoms with Crippen LogP contribution in [0.4, 0.5) is 0 Å². The van der Waals surface area contributed by atoms with Gasteiger partial charge >= 0.3 is 5.97 Å². The molecule has 202 valence electrons. The van der Waals surface area contributed by atoms with Gasteiger partial charge in [-0.1, -0.05) is 37.6 Å². The van der Waals surface area contributed by atoms with E-state index in [9.17, 15) is 4.79 Å². The van der Waals surface area contributed by atoms with E-state index in [1.807, 2.05) is 36.5 Å². The molecule has 38 heavy (non-hydrogen) atoms. The van der Waals surface area contributed by atoms with E-state index in [1.54, 1.807) is 0 Å². The SMILES string of the molecule is CC12CC[C@@H]3[C@]4(C)COC(c5cn[nH]c5-c5ccc(Cl)cc5)O[C@@H]4CC[C@@]3(C)[C@@H]1CC(C1=CCOC1=O)O2. The van der Waals surface area contributed by atoms with Crippen LogP contribution >= 0.6 is 11.6 Å². The number of cyclic esters (lactones) is 1. The molecule has 4 fully saturated rings. The molecule has 1 aromatic carbocycles. The summed E-state index contributed by atoms with van der Waals surface area (Å²) in [5.41, 5.74) is 3.29. The number of aromatic nitrogens is 2. The molecule has 0 bridgehead atoms. The number of hydrogen-bond acceptors (Lipinski definition) is 6. The molecule has 3 unspecified atom stereocenters. The van der Waals surface area contributed by atoms with E-state index in [1.165, 1.54) is 0 Å². The molecule has 7 nitrogen and oxygen atoms in total. The third kappa shape index (κ3) is 3.58. The van der Waals surface area contributed by atoms with Crippen molar-refractivity contribution in [1.82, 2.24) is 10.2 Å². The van der Waals surface area contributed by atoms with Crippen molar-refractivity contribution in [1.29, 1.82) is 0 Å². The Balaban J connectivity index is 1.13. The van der Waals surface area contributed by atoms with Crippen LogP contribution in [0.2, 0.25) is 5.02 Å². The van der Waals surface area contributed by atoms with Crippen molar-refractivity contribution < 1.29 is 23.7 Å². The third-order valence-electron chi connectivity index (χ3n) is 10.6. The number of carbonyl (C=O) groups excluding carboxylic acids is 1. The molecule has 3 aliphatic heterocycles. The summed E-state index contributed by atoms with van der Waals surface area (Å²) in [4.78, 5) is 12.3. The lowest BCUT2D eigenvalue weighted by Gasteiger charge is -2.64. The Kier molecular flexibility index (Phi) is 5.65. The summed E-state index contributed by atoms with van der Waals surface area (Å²) in [6, 6.07) is 7.72. The van der Waals surface area contributed by atoms with Gasteiger partial charge in [0.2, 0.25) is 0 Å². The number of rotatable bonds is 3.